The van der Waals surface area contributed by atoms with Crippen molar-refractivity contribution >= 4 is 5.91 Å². The highest BCUT2D eigenvalue weighted by molar-refractivity contribution is 5.74. The first-order valence-corrected chi connectivity index (χ1v) is 7.47. The van der Waals surface area contributed by atoms with Crippen LogP contribution in [-0.4, -0.2) is 26.9 Å². The Morgan fingerprint density at radius 3 is 2.62 bits per heavy atom. The summed E-state index contributed by atoms with van der Waals surface area (Å²) in [6, 6.07) is 8.42. The van der Waals surface area contributed by atoms with Gasteiger partial charge in [-0.1, -0.05) is 6.07 Å². The molecule has 21 heavy (non-hydrogen) atoms. The standard InChI is InChI=1S/C17H21N3O/c1-12-8-9-13(2)20(12)17-15(6-4-10-18-17)16-7-5-11-19(16)14(3)21/h4,6,8-10,16H,5,7,11H2,1-3H3/t16-/m1/s1. The van der Waals surface area contributed by atoms with Crippen LogP contribution in [-0.2, 0) is 4.79 Å². The summed E-state index contributed by atoms with van der Waals surface area (Å²) >= 11 is 0. The number of aryl methyl sites for hydroxylation is 2. The van der Waals surface area contributed by atoms with Crippen molar-refractivity contribution in [3.8, 4) is 5.82 Å². The number of likely N-dealkylation sites (tertiary alicyclic amines) is 1. The Bertz CT molecular complexity index is 655. The van der Waals surface area contributed by atoms with Gasteiger partial charge in [0.1, 0.15) is 5.82 Å². The Labute approximate surface area is 125 Å². The Balaban J connectivity index is 2.11. The molecule has 1 saturated heterocycles. The number of hydrogen-bond donors (Lipinski definition) is 0. The number of aromatic nitrogens is 2. The second kappa shape index (κ2) is 5.35. The fourth-order valence-electron chi connectivity index (χ4n) is 3.33. The number of pyridine rings is 1. The molecule has 0 aliphatic carbocycles. The molecule has 2 aromatic heterocycles. The molecule has 4 heteroatoms. The van der Waals surface area contributed by atoms with Crippen molar-refractivity contribution in [2.75, 3.05) is 6.54 Å². The minimum absolute atomic E-state index is 0.146. The highest BCUT2D eigenvalue weighted by Gasteiger charge is 2.30. The average molecular weight is 283 g/mol. The molecule has 0 radical (unpaired) electrons. The predicted molar refractivity (Wildman–Crippen MR) is 82.4 cm³/mol. The van der Waals surface area contributed by atoms with Crippen molar-refractivity contribution in [2.24, 2.45) is 0 Å². The zero-order valence-electron chi connectivity index (χ0n) is 12.8. The fourth-order valence-corrected chi connectivity index (χ4v) is 3.33. The lowest BCUT2D eigenvalue weighted by molar-refractivity contribution is -0.129. The highest BCUT2D eigenvalue weighted by atomic mass is 16.2. The van der Waals surface area contributed by atoms with Gasteiger partial charge in [-0.05, 0) is 44.9 Å². The van der Waals surface area contributed by atoms with E-state index >= 15 is 0 Å². The molecule has 1 fully saturated rings. The van der Waals surface area contributed by atoms with E-state index in [4.69, 9.17) is 0 Å². The molecule has 1 amide bonds. The quantitative estimate of drug-likeness (QED) is 0.849. The third kappa shape index (κ3) is 2.35. The summed E-state index contributed by atoms with van der Waals surface area (Å²) in [5, 5.41) is 0. The maximum Gasteiger partial charge on any atom is 0.219 e. The number of nitrogens with zero attached hydrogens (tertiary/aromatic N) is 3. The molecule has 0 bridgehead atoms. The molecule has 3 rings (SSSR count). The molecule has 3 heterocycles. The molecule has 4 nitrogen and oxygen atoms in total. The van der Waals surface area contributed by atoms with Gasteiger partial charge < -0.3 is 9.47 Å². The van der Waals surface area contributed by atoms with E-state index in [-0.39, 0.29) is 11.9 Å². The number of hydrogen-bond acceptors (Lipinski definition) is 2. The van der Waals surface area contributed by atoms with E-state index in [0.29, 0.717) is 0 Å². The van der Waals surface area contributed by atoms with E-state index in [1.165, 1.54) is 11.4 Å². The third-order valence-electron chi connectivity index (χ3n) is 4.32. The summed E-state index contributed by atoms with van der Waals surface area (Å²) in [6.07, 6.45) is 3.89. The molecule has 1 atom stereocenters. The Hall–Kier alpha value is -2.10. The van der Waals surface area contributed by atoms with Crippen LogP contribution >= 0.6 is 0 Å². The zero-order valence-corrected chi connectivity index (χ0v) is 12.8. The van der Waals surface area contributed by atoms with E-state index in [1.807, 2.05) is 17.2 Å². The van der Waals surface area contributed by atoms with Crippen LogP contribution in [0.1, 0.15) is 42.8 Å². The van der Waals surface area contributed by atoms with Crippen LogP contribution in [0.5, 0.6) is 0 Å². The van der Waals surface area contributed by atoms with Gasteiger partial charge in [0.2, 0.25) is 5.91 Å². The van der Waals surface area contributed by atoms with Crippen LogP contribution in [0, 0.1) is 13.8 Å². The van der Waals surface area contributed by atoms with Gasteiger partial charge in [-0.25, -0.2) is 4.98 Å². The zero-order chi connectivity index (χ0) is 15.0. The maximum atomic E-state index is 11.9. The predicted octanol–water partition coefficient (Wildman–Crippen LogP) is 3.17. The molecule has 0 N–H and O–H groups in total. The number of carbonyl (C=O) groups excluding carboxylic acids is 1. The van der Waals surface area contributed by atoms with Gasteiger partial charge in [0.15, 0.2) is 0 Å². The van der Waals surface area contributed by atoms with Crippen LogP contribution < -0.4 is 0 Å². The van der Waals surface area contributed by atoms with E-state index in [0.717, 1.165) is 30.8 Å². The first-order chi connectivity index (χ1) is 10.1. The van der Waals surface area contributed by atoms with Crippen molar-refractivity contribution in [1.82, 2.24) is 14.5 Å². The molecule has 1 aliphatic rings. The minimum Gasteiger partial charge on any atom is -0.336 e. The summed E-state index contributed by atoms with van der Waals surface area (Å²) in [5.74, 6) is 1.10. The minimum atomic E-state index is 0.146. The Morgan fingerprint density at radius 1 is 1.24 bits per heavy atom. The highest BCUT2D eigenvalue weighted by Crippen LogP contribution is 2.35. The number of amides is 1. The topological polar surface area (TPSA) is 38.1 Å². The van der Waals surface area contributed by atoms with Gasteiger partial charge in [0.05, 0.1) is 6.04 Å². The van der Waals surface area contributed by atoms with E-state index < -0.39 is 0 Å². The second-order valence-corrected chi connectivity index (χ2v) is 5.74. The first-order valence-electron chi connectivity index (χ1n) is 7.47. The molecule has 2 aromatic rings. The second-order valence-electron chi connectivity index (χ2n) is 5.74. The summed E-state index contributed by atoms with van der Waals surface area (Å²) in [4.78, 5) is 18.4. The van der Waals surface area contributed by atoms with Gasteiger partial charge in [0, 0.05) is 36.6 Å². The summed E-state index contributed by atoms with van der Waals surface area (Å²) < 4.78 is 2.17. The van der Waals surface area contributed by atoms with Crippen molar-refractivity contribution in [3.63, 3.8) is 0 Å². The van der Waals surface area contributed by atoms with E-state index in [2.05, 4.69) is 41.6 Å². The SMILES string of the molecule is CC(=O)N1CCC[C@@H]1c1cccnc1-n1c(C)ccc1C. The third-order valence-corrected chi connectivity index (χ3v) is 4.32. The van der Waals surface area contributed by atoms with E-state index in [1.54, 1.807) is 6.92 Å². The lowest BCUT2D eigenvalue weighted by Crippen LogP contribution is -2.29. The van der Waals surface area contributed by atoms with Crippen LogP contribution in [0.2, 0.25) is 0 Å². The lowest BCUT2D eigenvalue weighted by atomic mass is 10.0. The van der Waals surface area contributed by atoms with Crippen LogP contribution in [0.3, 0.4) is 0 Å². The van der Waals surface area contributed by atoms with Gasteiger partial charge in [-0.15, -0.1) is 0 Å². The summed E-state index contributed by atoms with van der Waals surface area (Å²) in [6.45, 7) is 6.67. The van der Waals surface area contributed by atoms with Crippen LogP contribution in [0.25, 0.3) is 5.82 Å². The normalized spacial score (nSPS) is 18.2. The van der Waals surface area contributed by atoms with Crippen molar-refractivity contribution in [2.45, 2.75) is 39.7 Å². The Kier molecular flexibility index (Phi) is 3.53. The van der Waals surface area contributed by atoms with Crippen molar-refractivity contribution in [3.05, 3.63) is 47.4 Å². The largest absolute Gasteiger partial charge is 0.336 e. The summed E-state index contributed by atoms with van der Waals surface area (Å²) in [7, 11) is 0. The van der Waals surface area contributed by atoms with Gasteiger partial charge >= 0.3 is 0 Å². The number of rotatable bonds is 2. The molecule has 0 spiro atoms. The van der Waals surface area contributed by atoms with Crippen LogP contribution in [0.15, 0.2) is 30.5 Å². The first kappa shape index (κ1) is 13.9. The summed E-state index contributed by atoms with van der Waals surface area (Å²) in [5.41, 5.74) is 3.48. The molecular weight excluding hydrogens is 262 g/mol. The smallest absolute Gasteiger partial charge is 0.219 e. The van der Waals surface area contributed by atoms with Crippen molar-refractivity contribution in [1.29, 1.82) is 0 Å². The van der Waals surface area contributed by atoms with Gasteiger partial charge in [-0.2, -0.15) is 0 Å². The Morgan fingerprint density at radius 2 is 1.95 bits per heavy atom. The van der Waals surface area contributed by atoms with Gasteiger partial charge in [-0.3, -0.25) is 4.79 Å². The molecule has 0 unspecified atom stereocenters. The maximum absolute atomic E-state index is 11.9. The number of carbonyl (C=O) groups is 1. The molecular formula is C17H21N3O. The van der Waals surface area contributed by atoms with Crippen LogP contribution in [0.4, 0.5) is 0 Å². The van der Waals surface area contributed by atoms with Crippen molar-refractivity contribution < 1.29 is 4.79 Å². The monoisotopic (exact) mass is 283 g/mol. The van der Waals surface area contributed by atoms with E-state index in [9.17, 15) is 4.79 Å². The average Bonchev–Trinajstić information content (AvgIpc) is 3.06. The fraction of sp³-hybridized carbons (Fsp3) is 0.412. The molecule has 0 saturated carbocycles. The van der Waals surface area contributed by atoms with Gasteiger partial charge in [0.25, 0.3) is 0 Å². The lowest BCUT2D eigenvalue weighted by Gasteiger charge is -2.26. The molecule has 0 aromatic carbocycles. The molecule has 110 valence electrons. The molecule has 1 aliphatic heterocycles.